The average molecular weight is 197 g/mol. The lowest BCUT2D eigenvalue weighted by molar-refractivity contribution is -0.0799. The number of pyridine rings is 1. The van der Waals surface area contributed by atoms with Crippen molar-refractivity contribution in [1.29, 1.82) is 0 Å². The Balaban J connectivity index is 0.000000791. The molecule has 0 aliphatic heterocycles. The number of rotatable bonds is 2. The summed E-state index contributed by atoms with van der Waals surface area (Å²) in [6.07, 6.45) is -0.913. The van der Waals surface area contributed by atoms with Crippen molar-refractivity contribution < 1.29 is 9.84 Å². The van der Waals surface area contributed by atoms with Gasteiger partial charge in [-0.1, -0.05) is 19.9 Å². The Morgan fingerprint density at radius 2 is 1.86 bits per heavy atom. The van der Waals surface area contributed by atoms with Crippen LogP contribution in [0.2, 0.25) is 0 Å². The molecule has 0 saturated carbocycles. The summed E-state index contributed by atoms with van der Waals surface area (Å²) in [7, 11) is 1.45. The van der Waals surface area contributed by atoms with Crippen LogP contribution in [0.5, 0.6) is 0 Å². The lowest BCUT2D eigenvalue weighted by Crippen LogP contribution is -2.03. The summed E-state index contributed by atoms with van der Waals surface area (Å²) in [5.74, 6) is 0. The molecule has 0 aliphatic carbocycles. The first kappa shape index (κ1) is 13.1. The van der Waals surface area contributed by atoms with E-state index in [4.69, 9.17) is 4.74 Å². The molecule has 1 aromatic heterocycles. The Morgan fingerprint density at radius 3 is 2.29 bits per heavy atom. The molecule has 80 valence electrons. The van der Waals surface area contributed by atoms with Gasteiger partial charge in [0.25, 0.3) is 0 Å². The van der Waals surface area contributed by atoms with E-state index < -0.39 is 6.29 Å². The number of aromatic nitrogens is 1. The minimum absolute atomic E-state index is 0.556. The third-order valence-corrected chi connectivity index (χ3v) is 1.85. The molecule has 3 heteroatoms. The van der Waals surface area contributed by atoms with Gasteiger partial charge in [-0.25, -0.2) is 0 Å². The molecule has 14 heavy (non-hydrogen) atoms. The number of aliphatic hydroxyl groups is 1. The zero-order valence-electron chi connectivity index (χ0n) is 9.53. The van der Waals surface area contributed by atoms with Crippen LogP contribution in [0.3, 0.4) is 0 Å². The van der Waals surface area contributed by atoms with E-state index in [0.29, 0.717) is 5.69 Å². The lowest BCUT2D eigenvalue weighted by Gasteiger charge is -2.08. The fourth-order valence-electron chi connectivity index (χ4n) is 0.908. The molecule has 1 atom stereocenters. The normalized spacial score (nSPS) is 11.6. The van der Waals surface area contributed by atoms with Crippen LogP contribution in [-0.4, -0.2) is 17.2 Å². The third kappa shape index (κ3) is 3.44. The van der Waals surface area contributed by atoms with Gasteiger partial charge in [0.2, 0.25) is 0 Å². The molecule has 1 unspecified atom stereocenters. The van der Waals surface area contributed by atoms with Crippen molar-refractivity contribution >= 4 is 0 Å². The molecule has 0 fully saturated rings. The summed E-state index contributed by atoms with van der Waals surface area (Å²) >= 11 is 0. The molecule has 3 nitrogen and oxygen atoms in total. The maximum atomic E-state index is 9.26. The Morgan fingerprint density at radius 1 is 1.29 bits per heavy atom. The summed E-state index contributed by atoms with van der Waals surface area (Å²) in [5, 5.41) is 9.26. The van der Waals surface area contributed by atoms with E-state index in [1.165, 1.54) is 7.11 Å². The van der Waals surface area contributed by atoms with Crippen LogP contribution in [-0.2, 0) is 4.74 Å². The van der Waals surface area contributed by atoms with E-state index in [2.05, 4.69) is 4.98 Å². The first-order valence-corrected chi connectivity index (χ1v) is 4.80. The van der Waals surface area contributed by atoms with E-state index in [1.54, 1.807) is 6.07 Å². The van der Waals surface area contributed by atoms with Crippen molar-refractivity contribution in [3.05, 3.63) is 29.1 Å². The molecule has 0 saturated heterocycles. The number of hydrogen-bond acceptors (Lipinski definition) is 3. The van der Waals surface area contributed by atoms with Gasteiger partial charge >= 0.3 is 0 Å². The van der Waals surface area contributed by atoms with E-state index in [0.717, 1.165) is 11.3 Å². The van der Waals surface area contributed by atoms with Gasteiger partial charge in [-0.3, -0.25) is 4.98 Å². The topological polar surface area (TPSA) is 42.4 Å². The van der Waals surface area contributed by atoms with E-state index in [9.17, 15) is 5.11 Å². The van der Waals surface area contributed by atoms with Gasteiger partial charge in [0.15, 0.2) is 6.29 Å². The number of nitrogens with zero attached hydrogens (tertiary/aromatic N) is 1. The van der Waals surface area contributed by atoms with Crippen molar-refractivity contribution in [3.63, 3.8) is 0 Å². The molecule has 1 heterocycles. The Bertz CT molecular complexity index is 274. The minimum atomic E-state index is -0.913. The van der Waals surface area contributed by atoms with Crippen LogP contribution in [0.4, 0.5) is 0 Å². The zero-order valence-corrected chi connectivity index (χ0v) is 9.53. The molecule has 0 aromatic carbocycles. The van der Waals surface area contributed by atoms with Crippen LogP contribution in [0.25, 0.3) is 0 Å². The highest BCUT2D eigenvalue weighted by atomic mass is 16.6. The fourth-order valence-corrected chi connectivity index (χ4v) is 0.908. The number of hydrogen-bond donors (Lipinski definition) is 1. The van der Waals surface area contributed by atoms with E-state index >= 15 is 0 Å². The molecule has 1 N–H and O–H groups in total. The van der Waals surface area contributed by atoms with Crippen molar-refractivity contribution in [1.82, 2.24) is 4.98 Å². The van der Waals surface area contributed by atoms with Crippen LogP contribution < -0.4 is 0 Å². The largest absolute Gasteiger partial charge is 0.363 e. The Hall–Kier alpha value is -0.930. The van der Waals surface area contributed by atoms with Gasteiger partial charge in [0, 0.05) is 12.8 Å². The van der Waals surface area contributed by atoms with Gasteiger partial charge in [0.1, 0.15) is 0 Å². The minimum Gasteiger partial charge on any atom is -0.363 e. The second kappa shape index (κ2) is 6.51. The monoisotopic (exact) mass is 197 g/mol. The average Bonchev–Trinajstić information content (AvgIpc) is 2.24. The van der Waals surface area contributed by atoms with Gasteiger partial charge in [-0.05, 0) is 25.5 Å². The van der Waals surface area contributed by atoms with Crippen molar-refractivity contribution in [2.75, 3.05) is 7.11 Å². The SMILES string of the molecule is CC.COC(O)c1ccc(C)c(C)n1. The van der Waals surface area contributed by atoms with Gasteiger partial charge in [-0.2, -0.15) is 0 Å². The summed E-state index contributed by atoms with van der Waals surface area (Å²) < 4.78 is 4.72. The molecule has 0 spiro atoms. The molecular weight excluding hydrogens is 178 g/mol. The van der Waals surface area contributed by atoms with E-state index in [-0.39, 0.29) is 0 Å². The molecule has 0 radical (unpaired) electrons. The zero-order chi connectivity index (χ0) is 11.1. The first-order valence-electron chi connectivity index (χ1n) is 4.80. The summed E-state index contributed by atoms with van der Waals surface area (Å²) in [6.45, 7) is 7.88. The second-order valence-corrected chi connectivity index (χ2v) is 2.73. The predicted molar refractivity (Wildman–Crippen MR) is 57.0 cm³/mol. The summed E-state index contributed by atoms with van der Waals surface area (Å²) in [4.78, 5) is 4.17. The quantitative estimate of drug-likeness (QED) is 0.740. The van der Waals surface area contributed by atoms with Gasteiger partial charge < -0.3 is 9.84 Å². The number of aryl methyl sites for hydroxylation is 2. The molecule has 0 bridgehead atoms. The third-order valence-electron chi connectivity index (χ3n) is 1.85. The van der Waals surface area contributed by atoms with E-state index in [1.807, 2.05) is 33.8 Å². The first-order chi connectivity index (χ1) is 6.65. The smallest absolute Gasteiger partial charge is 0.198 e. The van der Waals surface area contributed by atoms with Crippen LogP contribution in [0, 0.1) is 13.8 Å². The summed E-state index contributed by atoms with van der Waals surface area (Å²) in [6, 6.07) is 3.68. The van der Waals surface area contributed by atoms with Crippen LogP contribution in [0.15, 0.2) is 12.1 Å². The highest BCUT2D eigenvalue weighted by Gasteiger charge is 2.07. The Kier molecular flexibility index (Phi) is 6.08. The van der Waals surface area contributed by atoms with Gasteiger partial charge in [0.05, 0.1) is 5.69 Å². The number of aliphatic hydroxyl groups excluding tert-OH is 1. The molecule has 0 amide bonds. The second-order valence-electron chi connectivity index (χ2n) is 2.73. The standard InChI is InChI=1S/C9H13NO2.C2H6/c1-6-4-5-8(9(11)12-3)10-7(6)2;1-2/h4-5,9,11H,1-3H3;1-2H3. The molecule has 1 aromatic rings. The lowest BCUT2D eigenvalue weighted by atomic mass is 10.2. The fraction of sp³-hybridized carbons (Fsp3) is 0.545. The number of ether oxygens (including phenoxy) is 1. The summed E-state index contributed by atoms with van der Waals surface area (Å²) in [5.41, 5.74) is 2.59. The molecule has 1 rings (SSSR count). The van der Waals surface area contributed by atoms with Crippen molar-refractivity contribution in [3.8, 4) is 0 Å². The van der Waals surface area contributed by atoms with Crippen LogP contribution in [0.1, 0.15) is 37.1 Å². The molecule has 0 aliphatic rings. The highest BCUT2D eigenvalue weighted by molar-refractivity contribution is 5.20. The Labute approximate surface area is 85.8 Å². The molecular formula is C11H19NO2. The maximum Gasteiger partial charge on any atom is 0.198 e. The van der Waals surface area contributed by atoms with Gasteiger partial charge in [-0.15, -0.1) is 0 Å². The number of methoxy groups -OCH3 is 1. The van der Waals surface area contributed by atoms with Crippen molar-refractivity contribution in [2.24, 2.45) is 0 Å². The maximum absolute atomic E-state index is 9.26. The van der Waals surface area contributed by atoms with Crippen molar-refractivity contribution in [2.45, 2.75) is 34.0 Å². The van der Waals surface area contributed by atoms with Crippen LogP contribution >= 0.6 is 0 Å². The highest BCUT2D eigenvalue weighted by Crippen LogP contribution is 2.12. The predicted octanol–water partition coefficient (Wildman–Crippen LogP) is 2.36.